The molecule has 2 aromatic carbocycles. The lowest BCUT2D eigenvalue weighted by Gasteiger charge is -2.26. The van der Waals surface area contributed by atoms with Crippen molar-refractivity contribution in [1.29, 1.82) is 0 Å². The Morgan fingerprint density at radius 2 is 1.58 bits per heavy atom. The molecule has 0 fully saturated rings. The molecular formula is C24H28N2O5. The van der Waals surface area contributed by atoms with Gasteiger partial charge in [0.2, 0.25) is 5.91 Å². The van der Waals surface area contributed by atoms with Gasteiger partial charge in [-0.1, -0.05) is 62.4 Å². The van der Waals surface area contributed by atoms with Crippen LogP contribution in [0.15, 0.2) is 48.5 Å². The Labute approximate surface area is 182 Å². The first kappa shape index (κ1) is 22.3. The maximum absolute atomic E-state index is 12.4. The zero-order valence-electron chi connectivity index (χ0n) is 18.0. The molecule has 0 saturated carbocycles. The van der Waals surface area contributed by atoms with E-state index < -0.39 is 24.0 Å². The second kappa shape index (κ2) is 9.64. The van der Waals surface area contributed by atoms with Gasteiger partial charge in [0, 0.05) is 13.0 Å². The molecule has 0 bridgehead atoms. The van der Waals surface area contributed by atoms with Gasteiger partial charge in [-0.3, -0.25) is 4.79 Å². The van der Waals surface area contributed by atoms with Crippen molar-refractivity contribution in [1.82, 2.24) is 10.2 Å². The van der Waals surface area contributed by atoms with Crippen LogP contribution in [-0.4, -0.2) is 54.2 Å². The summed E-state index contributed by atoms with van der Waals surface area (Å²) in [5, 5.41) is 11.8. The van der Waals surface area contributed by atoms with Gasteiger partial charge in [-0.2, -0.15) is 0 Å². The number of hydrogen-bond donors (Lipinski definition) is 2. The molecule has 0 saturated heterocycles. The normalized spacial score (nSPS) is 13.3. The molecule has 7 nitrogen and oxygen atoms in total. The zero-order valence-corrected chi connectivity index (χ0v) is 18.0. The standard InChI is InChI=1S/C24H28N2O5/c1-15(2)12-21(23(28)29)26(3)22(27)13-25-24(30)31-14-20-18-10-6-4-8-16(18)17-9-5-7-11-19(17)20/h4-11,15,20-21H,12-14H2,1-3H3,(H,25,30)(H,28,29)/t21-/m0/s1. The number of amides is 2. The molecule has 0 radical (unpaired) electrons. The van der Waals surface area contributed by atoms with Gasteiger partial charge in [-0.25, -0.2) is 9.59 Å². The van der Waals surface area contributed by atoms with Crippen LogP contribution in [0.5, 0.6) is 0 Å². The molecule has 0 unspecified atom stereocenters. The molecule has 31 heavy (non-hydrogen) atoms. The Morgan fingerprint density at radius 3 is 2.10 bits per heavy atom. The SMILES string of the molecule is CC(C)C[C@@H](C(=O)O)N(C)C(=O)CNC(=O)OCC1c2ccccc2-c2ccccc21. The predicted octanol–water partition coefficient (Wildman–Crippen LogP) is 3.48. The Hall–Kier alpha value is -3.35. The average Bonchev–Trinajstić information content (AvgIpc) is 3.07. The maximum atomic E-state index is 12.4. The number of nitrogens with one attached hydrogen (secondary N) is 1. The monoisotopic (exact) mass is 424 g/mol. The van der Waals surface area contributed by atoms with E-state index in [1.807, 2.05) is 50.2 Å². The third kappa shape index (κ3) is 5.05. The Kier molecular flexibility index (Phi) is 6.95. The first-order valence-corrected chi connectivity index (χ1v) is 10.4. The van der Waals surface area contributed by atoms with Crippen LogP contribution in [0, 0.1) is 5.92 Å². The molecule has 2 aromatic rings. The third-order valence-electron chi connectivity index (χ3n) is 5.57. The molecule has 0 heterocycles. The van der Waals surface area contributed by atoms with E-state index in [-0.39, 0.29) is 25.0 Å². The van der Waals surface area contributed by atoms with Crippen LogP contribution >= 0.6 is 0 Å². The van der Waals surface area contributed by atoms with Crippen molar-refractivity contribution < 1.29 is 24.2 Å². The lowest BCUT2D eigenvalue weighted by atomic mass is 9.98. The highest BCUT2D eigenvalue weighted by molar-refractivity contribution is 5.86. The Bertz CT molecular complexity index is 926. The molecule has 0 aliphatic heterocycles. The van der Waals surface area contributed by atoms with Gasteiger partial charge >= 0.3 is 12.1 Å². The molecule has 0 spiro atoms. The number of hydrogen-bond acceptors (Lipinski definition) is 4. The van der Waals surface area contributed by atoms with E-state index in [0.29, 0.717) is 6.42 Å². The number of likely N-dealkylation sites (N-methyl/N-ethyl adjacent to an activating group) is 1. The van der Waals surface area contributed by atoms with E-state index >= 15 is 0 Å². The number of ether oxygens (including phenoxy) is 1. The van der Waals surface area contributed by atoms with Crippen LogP contribution in [0.2, 0.25) is 0 Å². The summed E-state index contributed by atoms with van der Waals surface area (Å²) in [6.45, 7) is 3.61. The number of carboxylic acids is 1. The van der Waals surface area contributed by atoms with Gasteiger partial charge in [-0.15, -0.1) is 0 Å². The minimum absolute atomic E-state index is 0.0704. The lowest BCUT2D eigenvalue weighted by molar-refractivity contribution is -0.149. The summed E-state index contributed by atoms with van der Waals surface area (Å²) in [5.41, 5.74) is 4.47. The van der Waals surface area contributed by atoms with Crippen molar-refractivity contribution in [3.63, 3.8) is 0 Å². The molecule has 3 rings (SSSR count). The molecule has 2 N–H and O–H groups in total. The van der Waals surface area contributed by atoms with Gasteiger partial charge < -0.3 is 20.1 Å². The summed E-state index contributed by atoms with van der Waals surface area (Å²) in [6, 6.07) is 15.1. The molecular weight excluding hydrogens is 396 g/mol. The van der Waals surface area contributed by atoms with Crippen LogP contribution in [0.3, 0.4) is 0 Å². The minimum Gasteiger partial charge on any atom is -0.480 e. The van der Waals surface area contributed by atoms with E-state index in [1.165, 1.54) is 7.05 Å². The van der Waals surface area contributed by atoms with Crippen molar-refractivity contribution in [2.75, 3.05) is 20.2 Å². The topological polar surface area (TPSA) is 95.9 Å². The average molecular weight is 424 g/mol. The first-order valence-electron chi connectivity index (χ1n) is 10.4. The first-order chi connectivity index (χ1) is 14.8. The third-order valence-corrected chi connectivity index (χ3v) is 5.57. The lowest BCUT2D eigenvalue weighted by Crippen LogP contribution is -2.47. The number of rotatable bonds is 8. The molecule has 7 heteroatoms. The summed E-state index contributed by atoms with van der Waals surface area (Å²) in [4.78, 5) is 37.2. The molecule has 0 aromatic heterocycles. The van der Waals surface area contributed by atoms with Crippen molar-refractivity contribution in [2.45, 2.75) is 32.2 Å². The fraction of sp³-hybridized carbons (Fsp3) is 0.375. The van der Waals surface area contributed by atoms with Gasteiger partial charge in [0.25, 0.3) is 0 Å². The van der Waals surface area contributed by atoms with Crippen LogP contribution < -0.4 is 5.32 Å². The Morgan fingerprint density at radius 1 is 1.03 bits per heavy atom. The van der Waals surface area contributed by atoms with Crippen LogP contribution in [0.1, 0.15) is 37.3 Å². The number of carbonyl (C=O) groups excluding carboxylic acids is 2. The quantitative estimate of drug-likeness (QED) is 0.676. The van der Waals surface area contributed by atoms with Gasteiger partial charge in [0.1, 0.15) is 19.2 Å². The number of alkyl carbamates (subject to hydrolysis) is 1. The Balaban J connectivity index is 1.56. The highest BCUT2D eigenvalue weighted by Crippen LogP contribution is 2.44. The van der Waals surface area contributed by atoms with E-state index in [0.717, 1.165) is 27.2 Å². The predicted molar refractivity (Wildman–Crippen MR) is 117 cm³/mol. The fourth-order valence-electron chi connectivity index (χ4n) is 3.97. The number of benzene rings is 2. The summed E-state index contributed by atoms with van der Waals surface area (Å²) in [6.07, 6.45) is -0.373. The minimum atomic E-state index is -1.06. The van der Waals surface area contributed by atoms with E-state index in [2.05, 4.69) is 17.4 Å². The van der Waals surface area contributed by atoms with Crippen LogP contribution in [-0.2, 0) is 14.3 Å². The van der Waals surface area contributed by atoms with Crippen molar-refractivity contribution in [3.05, 3.63) is 59.7 Å². The molecule has 1 aliphatic rings. The number of carbonyl (C=O) groups is 3. The van der Waals surface area contributed by atoms with E-state index in [9.17, 15) is 19.5 Å². The second-order valence-electron chi connectivity index (χ2n) is 8.17. The molecule has 1 atom stereocenters. The number of fused-ring (bicyclic) bond motifs is 3. The number of aliphatic carboxylic acids is 1. The number of carboxylic acid groups (broad SMARTS) is 1. The highest BCUT2D eigenvalue weighted by atomic mass is 16.5. The van der Waals surface area contributed by atoms with Gasteiger partial charge in [0.15, 0.2) is 0 Å². The largest absolute Gasteiger partial charge is 0.480 e. The maximum Gasteiger partial charge on any atom is 0.407 e. The fourth-order valence-corrected chi connectivity index (χ4v) is 3.97. The van der Waals surface area contributed by atoms with E-state index in [4.69, 9.17) is 4.74 Å². The van der Waals surface area contributed by atoms with Crippen molar-refractivity contribution in [3.8, 4) is 11.1 Å². The van der Waals surface area contributed by atoms with Crippen LogP contribution in [0.4, 0.5) is 4.79 Å². The van der Waals surface area contributed by atoms with E-state index in [1.54, 1.807) is 0 Å². The summed E-state index contributed by atoms with van der Waals surface area (Å²) < 4.78 is 5.41. The number of nitrogens with zero attached hydrogens (tertiary/aromatic N) is 1. The van der Waals surface area contributed by atoms with Gasteiger partial charge in [-0.05, 0) is 34.6 Å². The summed E-state index contributed by atoms with van der Waals surface area (Å²) >= 11 is 0. The van der Waals surface area contributed by atoms with Gasteiger partial charge in [0.05, 0.1) is 0 Å². The van der Waals surface area contributed by atoms with Crippen molar-refractivity contribution in [2.24, 2.45) is 5.92 Å². The molecule has 2 amide bonds. The zero-order chi connectivity index (χ0) is 22.5. The highest BCUT2D eigenvalue weighted by Gasteiger charge is 2.30. The van der Waals surface area contributed by atoms with Crippen molar-refractivity contribution >= 4 is 18.0 Å². The summed E-state index contributed by atoms with van der Waals surface area (Å²) in [7, 11) is 1.43. The smallest absolute Gasteiger partial charge is 0.407 e. The summed E-state index contributed by atoms with van der Waals surface area (Å²) in [5.74, 6) is -1.50. The molecule has 164 valence electrons. The second-order valence-corrected chi connectivity index (χ2v) is 8.17. The molecule has 1 aliphatic carbocycles. The van der Waals surface area contributed by atoms with Crippen LogP contribution in [0.25, 0.3) is 11.1 Å².